The van der Waals surface area contributed by atoms with Gasteiger partial charge in [0.25, 0.3) is 16.4 Å². The highest BCUT2D eigenvalue weighted by Crippen LogP contribution is 2.35. The summed E-state index contributed by atoms with van der Waals surface area (Å²) in [5.41, 5.74) is 3.28. The molecule has 0 aliphatic rings. The SMILES string of the molecule is Nc1c(S(N)(=O)=O)ncc(O)c1C(F)F. The van der Waals surface area contributed by atoms with Crippen LogP contribution in [0.3, 0.4) is 0 Å². The molecule has 0 atom stereocenters. The standard InChI is InChI=1S/C6H7F2N3O3S/c7-5(8)3-2(12)1-11-6(4(3)9)15(10,13)14/h1,5,12H,9H2,(H2,10,13,14). The van der Waals surface area contributed by atoms with Crippen LogP contribution in [0, 0.1) is 0 Å². The van der Waals surface area contributed by atoms with Gasteiger partial charge in [-0.2, -0.15) is 0 Å². The minimum absolute atomic E-state index is 0.553. The van der Waals surface area contributed by atoms with E-state index in [-0.39, 0.29) is 0 Å². The lowest BCUT2D eigenvalue weighted by Crippen LogP contribution is -2.17. The largest absolute Gasteiger partial charge is 0.506 e. The quantitative estimate of drug-likeness (QED) is 0.668. The lowest BCUT2D eigenvalue weighted by Gasteiger charge is -2.09. The second kappa shape index (κ2) is 3.59. The van der Waals surface area contributed by atoms with Crippen LogP contribution in [-0.4, -0.2) is 18.5 Å². The van der Waals surface area contributed by atoms with Crippen molar-refractivity contribution in [3.05, 3.63) is 11.8 Å². The van der Waals surface area contributed by atoms with Crippen molar-refractivity contribution in [2.75, 3.05) is 5.73 Å². The molecule has 0 unspecified atom stereocenters. The number of aromatic hydroxyl groups is 1. The van der Waals surface area contributed by atoms with E-state index >= 15 is 0 Å². The van der Waals surface area contributed by atoms with Crippen LogP contribution in [-0.2, 0) is 10.0 Å². The number of alkyl halides is 2. The van der Waals surface area contributed by atoms with E-state index in [4.69, 9.17) is 10.8 Å². The van der Waals surface area contributed by atoms with Crippen molar-refractivity contribution in [2.45, 2.75) is 11.5 Å². The van der Waals surface area contributed by atoms with Gasteiger partial charge in [-0.1, -0.05) is 0 Å². The Morgan fingerprint density at radius 3 is 2.40 bits per heavy atom. The van der Waals surface area contributed by atoms with Gasteiger partial charge in [0.2, 0.25) is 0 Å². The van der Waals surface area contributed by atoms with Gasteiger partial charge in [-0.05, 0) is 0 Å². The number of rotatable bonds is 2. The lowest BCUT2D eigenvalue weighted by atomic mass is 10.2. The Hall–Kier alpha value is -1.48. The smallest absolute Gasteiger partial charge is 0.269 e. The van der Waals surface area contributed by atoms with E-state index in [0.717, 1.165) is 0 Å². The first-order chi connectivity index (χ1) is 6.75. The van der Waals surface area contributed by atoms with Crippen LogP contribution in [0.15, 0.2) is 11.2 Å². The molecular weight excluding hydrogens is 232 g/mol. The molecule has 0 radical (unpaired) electrons. The number of halogens is 2. The molecule has 1 rings (SSSR count). The molecule has 0 bridgehead atoms. The average molecular weight is 239 g/mol. The number of primary sulfonamides is 1. The zero-order valence-corrected chi connectivity index (χ0v) is 8.00. The Kier molecular flexibility index (Phi) is 2.77. The summed E-state index contributed by atoms with van der Waals surface area (Å²) in [4.78, 5) is 3.17. The first-order valence-electron chi connectivity index (χ1n) is 3.53. The van der Waals surface area contributed by atoms with Gasteiger partial charge < -0.3 is 10.8 Å². The fraction of sp³-hybridized carbons (Fsp3) is 0.167. The molecule has 0 fully saturated rings. The molecule has 0 amide bonds. The number of hydrogen-bond acceptors (Lipinski definition) is 5. The van der Waals surface area contributed by atoms with Crippen LogP contribution in [0.2, 0.25) is 0 Å². The van der Waals surface area contributed by atoms with Crippen molar-refractivity contribution in [2.24, 2.45) is 5.14 Å². The number of pyridine rings is 1. The first kappa shape index (κ1) is 11.6. The van der Waals surface area contributed by atoms with Gasteiger partial charge in [-0.15, -0.1) is 0 Å². The van der Waals surface area contributed by atoms with Gasteiger partial charge in [0.15, 0.2) is 5.03 Å². The number of nitrogens with zero attached hydrogens (tertiary/aromatic N) is 1. The topological polar surface area (TPSA) is 119 Å². The summed E-state index contributed by atoms with van der Waals surface area (Å²) in [6.07, 6.45) is -2.56. The van der Waals surface area contributed by atoms with Crippen molar-refractivity contribution in [1.82, 2.24) is 4.98 Å². The molecule has 9 heteroatoms. The molecule has 84 valence electrons. The summed E-state index contributed by atoms with van der Waals surface area (Å²) in [6.45, 7) is 0. The Labute approximate surface area is 83.6 Å². The van der Waals surface area contributed by atoms with Crippen LogP contribution in [0.1, 0.15) is 12.0 Å². The molecule has 0 aliphatic carbocycles. The lowest BCUT2D eigenvalue weighted by molar-refractivity contribution is 0.148. The fourth-order valence-corrected chi connectivity index (χ4v) is 1.58. The molecular formula is C6H7F2N3O3S. The molecule has 5 N–H and O–H groups in total. The van der Waals surface area contributed by atoms with Gasteiger partial charge in [0.05, 0.1) is 17.4 Å². The number of nitrogens with two attached hydrogens (primary N) is 2. The predicted octanol–water partition coefficient (Wildman–Crippen LogP) is -0.0456. The van der Waals surface area contributed by atoms with Crippen LogP contribution in [0.25, 0.3) is 0 Å². The van der Waals surface area contributed by atoms with Gasteiger partial charge in [0, 0.05) is 0 Å². The third kappa shape index (κ3) is 2.13. The van der Waals surface area contributed by atoms with E-state index in [2.05, 4.69) is 10.1 Å². The minimum atomic E-state index is -4.29. The second-order valence-corrected chi connectivity index (χ2v) is 4.10. The van der Waals surface area contributed by atoms with Gasteiger partial charge in [0.1, 0.15) is 5.75 Å². The third-order valence-electron chi connectivity index (χ3n) is 1.59. The number of hydrogen-bond donors (Lipinski definition) is 3. The van der Waals surface area contributed by atoms with E-state index in [1.54, 1.807) is 0 Å². The summed E-state index contributed by atoms with van der Waals surface area (Å²) in [7, 11) is -4.29. The Bertz CT molecular complexity index is 489. The first-order valence-corrected chi connectivity index (χ1v) is 5.08. The molecule has 0 aliphatic heterocycles. The van der Waals surface area contributed by atoms with Crippen molar-refractivity contribution < 1.29 is 22.3 Å². The molecule has 0 spiro atoms. The van der Waals surface area contributed by atoms with Crippen LogP contribution in [0.4, 0.5) is 14.5 Å². The summed E-state index contributed by atoms with van der Waals surface area (Å²) in [5.74, 6) is -0.880. The molecule has 6 nitrogen and oxygen atoms in total. The maximum atomic E-state index is 12.4. The monoisotopic (exact) mass is 239 g/mol. The molecule has 1 aromatic rings. The summed E-state index contributed by atoms with van der Waals surface area (Å²) in [6, 6.07) is 0. The van der Waals surface area contributed by atoms with E-state index in [0.29, 0.717) is 6.20 Å². The van der Waals surface area contributed by atoms with Crippen LogP contribution < -0.4 is 10.9 Å². The molecule has 0 aromatic carbocycles. The van der Waals surface area contributed by atoms with Gasteiger partial charge in [-0.25, -0.2) is 27.3 Å². The molecule has 1 heterocycles. The zero-order chi connectivity index (χ0) is 11.8. The van der Waals surface area contributed by atoms with Gasteiger partial charge >= 0.3 is 0 Å². The number of nitrogen functional groups attached to an aromatic ring is 1. The molecule has 0 saturated carbocycles. The van der Waals surface area contributed by atoms with Crippen LogP contribution in [0.5, 0.6) is 5.75 Å². The predicted molar refractivity (Wildman–Crippen MR) is 46.6 cm³/mol. The maximum absolute atomic E-state index is 12.4. The van der Waals surface area contributed by atoms with Crippen molar-refractivity contribution in [3.63, 3.8) is 0 Å². The summed E-state index contributed by atoms with van der Waals surface area (Å²) < 4.78 is 46.4. The highest BCUT2D eigenvalue weighted by atomic mass is 32.2. The van der Waals surface area contributed by atoms with E-state index in [1.165, 1.54) is 0 Å². The Morgan fingerprint density at radius 2 is 2.00 bits per heavy atom. The second-order valence-electron chi connectivity index (χ2n) is 2.62. The average Bonchev–Trinajstić information content (AvgIpc) is 2.00. The minimum Gasteiger partial charge on any atom is -0.506 e. The Morgan fingerprint density at radius 1 is 1.47 bits per heavy atom. The Balaban J connectivity index is 3.56. The number of anilines is 1. The summed E-state index contributed by atoms with van der Waals surface area (Å²) in [5, 5.41) is 12.8. The van der Waals surface area contributed by atoms with Gasteiger partial charge in [-0.3, -0.25) is 0 Å². The fourth-order valence-electron chi connectivity index (χ4n) is 0.968. The van der Waals surface area contributed by atoms with Crippen molar-refractivity contribution in [3.8, 4) is 5.75 Å². The summed E-state index contributed by atoms with van der Waals surface area (Å²) >= 11 is 0. The number of aromatic nitrogens is 1. The maximum Gasteiger partial charge on any atom is 0.269 e. The normalized spacial score (nSPS) is 12.0. The van der Waals surface area contributed by atoms with E-state index < -0.39 is 38.5 Å². The van der Waals surface area contributed by atoms with E-state index in [1.807, 2.05) is 0 Å². The van der Waals surface area contributed by atoms with Crippen LogP contribution >= 0.6 is 0 Å². The third-order valence-corrected chi connectivity index (χ3v) is 2.45. The van der Waals surface area contributed by atoms with Crippen molar-refractivity contribution >= 4 is 15.7 Å². The molecule has 1 aromatic heterocycles. The zero-order valence-electron chi connectivity index (χ0n) is 7.18. The molecule has 0 saturated heterocycles. The highest BCUT2D eigenvalue weighted by Gasteiger charge is 2.24. The number of sulfonamides is 1. The highest BCUT2D eigenvalue weighted by molar-refractivity contribution is 7.89. The van der Waals surface area contributed by atoms with E-state index in [9.17, 15) is 17.2 Å². The molecule has 15 heavy (non-hydrogen) atoms. The van der Waals surface area contributed by atoms with Crippen molar-refractivity contribution in [1.29, 1.82) is 0 Å².